The summed E-state index contributed by atoms with van der Waals surface area (Å²) in [6.45, 7) is 3.70. The summed E-state index contributed by atoms with van der Waals surface area (Å²) in [7, 11) is 1.94. The molecule has 16 heavy (non-hydrogen) atoms. The quantitative estimate of drug-likeness (QED) is 0.727. The third-order valence-corrected chi connectivity index (χ3v) is 3.57. The topological polar surface area (TPSA) is 58.6 Å². The molecule has 0 saturated carbocycles. The van der Waals surface area contributed by atoms with Gasteiger partial charge in [0, 0.05) is 0 Å². The molecule has 1 aliphatic heterocycles. The Labute approximate surface area is 97.4 Å². The molecular weight excluding hydrogens is 206 g/mol. The molecule has 0 amide bonds. The van der Waals surface area contributed by atoms with Gasteiger partial charge in [0.1, 0.15) is 0 Å². The van der Waals surface area contributed by atoms with Crippen molar-refractivity contribution in [2.45, 2.75) is 44.6 Å². The molecule has 1 heterocycles. The summed E-state index contributed by atoms with van der Waals surface area (Å²) in [6, 6.07) is 0. The molecule has 2 unspecified atom stereocenters. The van der Waals surface area contributed by atoms with Crippen LogP contribution in [-0.2, 0) is 9.53 Å². The maximum absolute atomic E-state index is 10.6. The smallest absolute Gasteiger partial charge is 0.303 e. The zero-order chi connectivity index (χ0) is 12.0. The summed E-state index contributed by atoms with van der Waals surface area (Å²) in [6.07, 6.45) is 4.23. The van der Waals surface area contributed by atoms with Gasteiger partial charge >= 0.3 is 5.97 Å². The predicted octanol–water partition coefficient (Wildman–Crippen LogP) is 1.65. The van der Waals surface area contributed by atoms with Crippen molar-refractivity contribution in [1.29, 1.82) is 0 Å². The number of hydrogen-bond donors (Lipinski definition) is 2. The van der Waals surface area contributed by atoms with Gasteiger partial charge in [-0.05, 0) is 45.2 Å². The molecule has 0 aromatic rings. The fourth-order valence-corrected chi connectivity index (χ4v) is 2.33. The zero-order valence-electron chi connectivity index (χ0n) is 10.3. The molecule has 1 saturated heterocycles. The third-order valence-electron chi connectivity index (χ3n) is 3.57. The van der Waals surface area contributed by atoms with Crippen LogP contribution in [0, 0.1) is 5.92 Å². The fraction of sp³-hybridized carbons (Fsp3) is 0.917. The second-order valence-corrected chi connectivity index (χ2v) is 4.70. The van der Waals surface area contributed by atoms with Gasteiger partial charge in [-0.2, -0.15) is 0 Å². The Balaban J connectivity index is 2.40. The molecule has 0 spiro atoms. The second-order valence-electron chi connectivity index (χ2n) is 4.70. The van der Waals surface area contributed by atoms with E-state index in [1.54, 1.807) is 0 Å². The SMILES string of the molecule is CCC1(CCNC)CCC(CC(=O)O)CO1. The third kappa shape index (κ3) is 3.76. The van der Waals surface area contributed by atoms with Crippen molar-refractivity contribution < 1.29 is 14.6 Å². The van der Waals surface area contributed by atoms with E-state index in [-0.39, 0.29) is 17.9 Å². The first kappa shape index (κ1) is 13.5. The van der Waals surface area contributed by atoms with Crippen LogP contribution in [0.5, 0.6) is 0 Å². The van der Waals surface area contributed by atoms with E-state index in [2.05, 4.69) is 12.2 Å². The first-order chi connectivity index (χ1) is 7.62. The van der Waals surface area contributed by atoms with Crippen LogP contribution in [0.3, 0.4) is 0 Å². The molecule has 0 aromatic carbocycles. The minimum atomic E-state index is -0.715. The maximum Gasteiger partial charge on any atom is 0.303 e. The molecular formula is C12H23NO3. The van der Waals surface area contributed by atoms with E-state index >= 15 is 0 Å². The maximum atomic E-state index is 10.6. The molecule has 4 heteroatoms. The fourth-order valence-electron chi connectivity index (χ4n) is 2.33. The summed E-state index contributed by atoms with van der Waals surface area (Å²) < 4.78 is 5.93. The van der Waals surface area contributed by atoms with Crippen LogP contribution in [0.2, 0.25) is 0 Å². The van der Waals surface area contributed by atoms with Gasteiger partial charge in [0.15, 0.2) is 0 Å². The molecule has 0 aliphatic carbocycles. The Morgan fingerprint density at radius 2 is 2.38 bits per heavy atom. The van der Waals surface area contributed by atoms with E-state index in [9.17, 15) is 4.79 Å². The van der Waals surface area contributed by atoms with Gasteiger partial charge < -0.3 is 15.2 Å². The van der Waals surface area contributed by atoms with Gasteiger partial charge in [-0.3, -0.25) is 4.79 Å². The zero-order valence-corrected chi connectivity index (χ0v) is 10.3. The highest BCUT2D eigenvalue weighted by molar-refractivity contribution is 5.67. The van der Waals surface area contributed by atoms with E-state index < -0.39 is 5.97 Å². The molecule has 1 fully saturated rings. The van der Waals surface area contributed by atoms with Crippen LogP contribution in [0.1, 0.15) is 39.0 Å². The standard InChI is InChI=1S/C12H23NO3/c1-3-12(6-7-13-2)5-4-10(9-16-12)8-11(14)15/h10,13H,3-9H2,1-2H3,(H,14,15). The van der Waals surface area contributed by atoms with Crippen molar-refractivity contribution in [2.24, 2.45) is 5.92 Å². The first-order valence-corrected chi connectivity index (χ1v) is 6.12. The van der Waals surface area contributed by atoms with Crippen LogP contribution in [0.15, 0.2) is 0 Å². The molecule has 2 N–H and O–H groups in total. The van der Waals surface area contributed by atoms with Gasteiger partial charge in [0.25, 0.3) is 0 Å². The average molecular weight is 229 g/mol. The number of aliphatic carboxylic acids is 1. The molecule has 4 nitrogen and oxygen atoms in total. The van der Waals surface area contributed by atoms with Crippen molar-refractivity contribution in [3.05, 3.63) is 0 Å². The summed E-state index contributed by atoms with van der Waals surface area (Å²) in [5.41, 5.74) is -0.0159. The summed E-state index contributed by atoms with van der Waals surface area (Å²) in [5.74, 6) is -0.514. The van der Waals surface area contributed by atoms with Crippen molar-refractivity contribution in [3.63, 3.8) is 0 Å². The lowest BCUT2D eigenvalue weighted by atomic mass is 9.83. The van der Waals surface area contributed by atoms with Crippen LogP contribution < -0.4 is 5.32 Å². The number of hydrogen-bond acceptors (Lipinski definition) is 3. The number of carbonyl (C=O) groups is 1. The highest BCUT2D eigenvalue weighted by Gasteiger charge is 2.34. The van der Waals surface area contributed by atoms with Gasteiger partial charge in [0.05, 0.1) is 18.6 Å². The molecule has 94 valence electrons. The van der Waals surface area contributed by atoms with E-state index in [1.807, 2.05) is 7.05 Å². The van der Waals surface area contributed by atoms with E-state index in [0.29, 0.717) is 6.61 Å². The normalized spacial score (nSPS) is 30.2. The Kier molecular flexibility index (Phi) is 5.22. The van der Waals surface area contributed by atoms with Gasteiger partial charge in [-0.15, -0.1) is 0 Å². The lowest BCUT2D eigenvalue weighted by Gasteiger charge is -2.39. The number of rotatable bonds is 6. The lowest BCUT2D eigenvalue weighted by molar-refractivity contribution is -0.144. The molecule has 0 radical (unpaired) electrons. The molecule has 1 rings (SSSR count). The summed E-state index contributed by atoms with van der Waals surface area (Å²) in [4.78, 5) is 10.6. The number of carboxylic acids is 1. The highest BCUT2D eigenvalue weighted by Crippen LogP contribution is 2.34. The largest absolute Gasteiger partial charge is 0.481 e. The van der Waals surface area contributed by atoms with Crippen LogP contribution >= 0.6 is 0 Å². The van der Waals surface area contributed by atoms with Crippen LogP contribution in [0.25, 0.3) is 0 Å². The molecule has 0 bridgehead atoms. The van der Waals surface area contributed by atoms with E-state index in [0.717, 1.165) is 32.2 Å². The number of carboxylic acid groups (broad SMARTS) is 1. The monoisotopic (exact) mass is 229 g/mol. The van der Waals surface area contributed by atoms with Gasteiger partial charge in [-0.25, -0.2) is 0 Å². The minimum Gasteiger partial charge on any atom is -0.481 e. The van der Waals surface area contributed by atoms with Crippen LogP contribution in [0.4, 0.5) is 0 Å². The molecule has 1 aliphatic rings. The van der Waals surface area contributed by atoms with Gasteiger partial charge in [-0.1, -0.05) is 6.92 Å². The van der Waals surface area contributed by atoms with Crippen molar-refractivity contribution in [3.8, 4) is 0 Å². The molecule has 0 aromatic heterocycles. The van der Waals surface area contributed by atoms with E-state index in [4.69, 9.17) is 9.84 Å². The summed E-state index contributed by atoms with van der Waals surface area (Å²) in [5, 5.41) is 11.9. The van der Waals surface area contributed by atoms with Crippen molar-refractivity contribution in [2.75, 3.05) is 20.2 Å². The Hall–Kier alpha value is -0.610. The van der Waals surface area contributed by atoms with Crippen molar-refractivity contribution in [1.82, 2.24) is 5.32 Å². The molecule has 2 atom stereocenters. The summed E-state index contributed by atoms with van der Waals surface area (Å²) >= 11 is 0. The number of ether oxygens (including phenoxy) is 1. The predicted molar refractivity (Wildman–Crippen MR) is 62.5 cm³/mol. The average Bonchev–Trinajstić information content (AvgIpc) is 2.28. The lowest BCUT2D eigenvalue weighted by Crippen LogP contribution is -2.41. The first-order valence-electron chi connectivity index (χ1n) is 6.12. The second kappa shape index (κ2) is 6.21. The number of nitrogens with one attached hydrogen (secondary N) is 1. The van der Waals surface area contributed by atoms with Crippen molar-refractivity contribution >= 4 is 5.97 Å². The van der Waals surface area contributed by atoms with E-state index in [1.165, 1.54) is 0 Å². The van der Waals surface area contributed by atoms with Crippen LogP contribution in [-0.4, -0.2) is 36.9 Å². The van der Waals surface area contributed by atoms with Gasteiger partial charge in [0.2, 0.25) is 0 Å². The minimum absolute atomic E-state index is 0.0159. The highest BCUT2D eigenvalue weighted by atomic mass is 16.5. The Morgan fingerprint density at radius 3 is 2.81 bits per heavy atom. The Bertz CT molecular complexity index is 222. The Morgan fingerprint density at radius 1 is 1.62 bits per heavy atom.